The number of unbranched alkanes of at least 4 members (excludes halogenated alkanes) is 4. The molecule has 0 saturated carbocycles. The second kappa shape index (κ2) is 22.3. The number of carbonyl (C=O) groups excluding carboxylic acids is 5. The fourth-order valence-corrected chi connectivity index (χ4v) is 6.90. The van der Waals surface area contributed by atoms with Crippen molar-refractivity contribution in [1.29, 1.82) is 0 Å². The topological polar surface area (TPSA) is 146 Å². The second-order valence-corrected chi connectivity index (χ2v) is 14.3. The van der Waals surface area contributed by atoms with Gasteiger partial charge in [0.05, 0.1) is 11.4 Å². The van der Waals surface area contributed by atoms with Crippen molar-refractivity contribution in [1.82, 2.24) is 20.0 Å². The monoisotopic (exact) mass is 774 g/mol. The molecular formula is C42H55ClN6O6. The van der Waals surface area contributed by atoms with E-state index < -0.39 is 42.4 Å². The van der Waals surface area contributed by atoms with Gasteiger partial charge in [0.25, 0.3) is 0 Å². The van der Waals surface area contributed by atoms with Gasteiger partial charge in [0, 0.05) is 43.7 Å². The summed E-state index contributed by atoms with van der Waals surface area (Å²) in [5.41, 5.74) is 7.32. The Hall–Kier alpha value is -5.10. The highest BCUT2D eigenvalue weighted by Crippen LogP contribution is 2.33. The third kappa shape index (κ3) is 13.0. The molecule has 0 bridgehead atoms. The lowest BCUT2D eigenvalue weighted by Crippen LogP contribution is -2.58. The van der Waals surface area contributed by atoms with Crippen molar-refractivity contribution in [2.24, 2.45) is 11.7 Å². The number of primary amides is 1. The number of urea groups is 1. The first-order valence-electron chi connectivity index (χ1n) is 19.3. The SMILES string of the molecule is CCCCCN(CCCCC)C(=O)[C@H]1CCN(C(=O)N(c2ccccc2)c2cccc(Cl)c2)[C@H](C(=O)NCCN(CC(N)=O)C(=O)OCc2ccccc2)C1. The molecule has 1 aliphatic heterocycles. The number of ether oxygens (including phenoxy) is 1. The molecule has 1 saturated heterocycles. The smallest absolute Gasteiger partial charge is 0.410 e. The summed E-state index contributed by atoms with van der Waals surface area (Å²) in [6.45, 7) is 5.17. The molecule has 3 N–H and O–H groups in total. The molecule has 1 heterocycles. The number of rotatable bonds is 19. The van der Waals surface area contributed by atoms with E-state index in [9.17, 15) is 24.0 Å². The molecule has 3 aromatic rings. The molecule has 0 aliphatic carbocycles. The lowest BCUT2D eigenvalue weighted by atomic mass is 9.88. The number of para-hydroxylation sites is 1. The first-order valence-corrected chi connectivity index (χ1v) is 19.7. The highest BCUT2D eigenvalue weighted by Gasteiger charge is 2.42. The molecule has 3 aromatic carbocycles. The molecule has 6 amide bonds. The third-order valence-corrected chi connectivity index (χ3v) is 9.87. The minimum absolute atomic E-state index is 0.000608. The zero-order chi connectivity index (χ0) is 39.6. The van der Waals surface area contributed by atoms with E-state index in [0.29, 0.717) is 35.9 Å². The number of likely N-dealkylation sites (tertiary alicyclic amines) is 1. The lowest BCUT2D eigenvalue weighted by Gasteiger charge is -2.41. The molecule has 0 spiro atoms. The number of anilines is 2. The van der Waals surface area contributed by atoms with Crippen LogP contribution in [0.1, 0.15) is 70.8 Å². The van der Waals surface area contributed by atoms with Gasteiger partial charge in [0.2, 0.25) is 17.7 Å². The summed E-state index contributed by atoms with van der Waals surface area (Å²) in [6, 6.07) is 23.7. The van der Waals surface area contributed by atoms with Crippen LogP contribution in [0.4, 0.5) is 21.0 Å². The summed E-state index contributed by atoms with van der Waals surface area (Å²) in [5.74, 6) is -1.69. The molecule has 1 fully saturated rings. The maximum absolute atomic E-state index is 14.7. The Labute approximate surface area is 329 Å². The molecule has 0 aromatic heterocycles. The minimum Gasteiger partial charge on any atom is -0.445 e. The van der Waals surface area contributed by atoms with Gasteiger partial charge in [0.1, 0.15) is 19.2 Å². The Morgan fingerprint density at radius 2 is 1.45 bits per heavy atom. The van der Waals surface area contributed by atoms with Gasteiger partial charge in [-0.15, -0.1) is 0 Å². The number of carbonyl (C=O) groups is 5. The van der Waals surface area contributed by atoms with Crippen molar-refractivity contribution in [3.63, 3.8) is 0 Å². The van der Waals surface area contributed by atoms with E-state index in [0.717, 1.165) is 49.0 Å². The molecule has 1 aliphatic rings. The van der Waals surface area contributed by atoms with Gasteiger partial charge in [-0.3, -0.25) is 24.2 Å². The average molecular weight is 775 g/mol. The van der Waals surface area contributed by atoms with Gasteiger partial charge >= 0.3 is 12.1 Å². The molecule has 12 nitrogen and oxygen atoms in total. The van der Waals surface area contributed by atoms with Crippen molar-refractivity contribution >= 4 is 52.8 Å². The molecule has 13 heteroatoms. The number of piperidine rings is 1. The van der Waals surface area contributed by atoms with Crippen LogP contribution >= 0.6 is 11.6 Å². The standard InChI is InChI=1S/C42H55ClN6O6/c1-3-5-13-24-46(25-14-6-4-2)40(52)33-22-26-48(41(53)49(35-19-11-8-12-20-35)36-21-15-18-34(43)29-36)37(28-33)39(51)45-23-27-47(30-38(44)50)42(54)55-31-32-16-9-7-10-17-32/h7-12,15-21,29,33,37H,3-6,13-14,22-28,30-31H2,1-2H3,(H2,44,50)(H,45,51)/t33-,37-/m0/s1. The molecular weight excluding hydrogens is 720 g/mol. The molecule has 296 valence electrons. The van der Waals surface area contributed by atoms with E-state index >= 15 is 0 Å². The minimum atomic E-state index is -1.01. The van der Waals surface area contributed by atoms with E-state index in [1.807, 2.05) is 53.4 Å². The summed E-state index contributed by atoms with van der Waals surface area (Å²) < 4.78 is 5.42. The first-order chi connectivity index (χ1) is 26.6. The Balaban J connectivity index is 1.57. The van der Waals surface area contributed by atoms with Crippen LogP contribution in [0.15, 0.2) is 84.9 Å². The molecule has 0 unspecified atom stereocenters. The van der Waals surface area contributed by atoms with Gasteiger partial charge in [-0.1, -0.05) is 106 Å². The van der Waals surface area contributed by atoms with Crippen LogP contribution in [0, 0.1) is 5.92 Å². The zero-order valence-electron chi connectivity index (χ0n) is 32.0. The quantitative estimate of drug-likeness (QED) is 0.124. The Morgan fingerprint density at radius 3 is 2.07 bits per heavy atom. The number of nitrogens with zero attached hydrogens (tertiary/aromatic N) is 4. The summed E-state index contributed by atoms with van der Waals surface area (Å²) >= 11 is 6.38. The average Bonchev–Trinajstić information content (AvgIpc) is 3.19. The van der Waals surface area contributed by atoms with Crippen LogP contribution in [0.25, 0.3) is 0 Å². The summed E-state index contributed by atoms with van der Waals surface area (Å²) in [6.07, 6.45) is 5.65. The Morgan fingerprint density at radius 1 is 0.818 bits per heavy atom. The van der Waals surface area contributed by atoms with Gasteiger partial charge in [-0.05, 0) is 61.6 Å². The number of amides is 6. The number of halogens is 1. The molecule has 4 rings (SSSR count). The van der Waals surface area contributed by atoms with Crippen LogP contribution in [0.2, 0.25) is 5.02 Å². The van der Waals surface area contributed by atoms with Crippen LogP contribution in [-0.4, -0.2) is 89.9 Å². The van der Waals surface area contributed by atoms with Crippen LogP contribution in [0.5, 0.6) is 0 Å². The lowest BCUT2D eigenvalue weighted by molar-refractivity contribution is -0.139. The zero-order valence-corrected chi connectivity index (χ0v) is 32.8. The summed E-state index contributed by atoms with van der Waals surface area (Å²) in [5, 5.41) is 3.31. The third-order valence-electron chi connectivity index (χ3n) is 9.64. The number of benzene rings is 3. The Bertz CT molecular complexity index is 1690. The highest BCUT2D eigenvalue weighted by molar-refractivity contribution is 6.31. The Kier molecular flexibility index (Phi) is 17.3. The highest BCUT2D eigenvalue weighted by atomic mass is 35.5. The van der Waals surface area contributed by atoms with Crippen LogP contribution in [0.3, 0.4) is 0 Å². The fourth-order valence-electron chi connectivity index (χ4n) is 6.72. The van der Waals surface area contributed by atoms with Crippen molar-refractivity contribution in [3.8, 4) is 0 Å². The second-order valence-electron chi connectivity index (χ2n) is 13.8. The predicted molar refractivity (Wildman–Crippen MR) is 215 cm³/mol. The maximum Gasteiger partial charge on any atom is 0.410 e. The van der Waals surface area contributed by atoms with Crippen molar-refractivity contribution in [2.45, 2.75) is 77.9 Å². The number of nitrogens with two attached hydrogens (primary N) is 1. The van der Waals surface area contributed by atoms with E-state index in [4.69, 9.17) is 22.1 Å². The molecule has 55 heavy (non-hydrogen) atoms. The van der Waals surface area contributed by atoms with E-state index in [1.54, 1.807) is 36.4 Å². The first kappa shape index (κ1) is 42.6. The normalized spacial score (nSPS) is 15.1. The summed E-state index contributed by atoms with van der Waals surface area (Å²) in [4.78, 5) is 74.0. The number of nitrogens with one attached hydrogen (secondary N) is 1. The predicted octanol–water partition coefficient (Wildman–Crippen LogP) is 7.13. The van der Waals surface area contributed by atoms with Gasteiger partial charge in [-0.25, -0.2) is 9.59 Å². The van der Waals surface area contributed by atoms with Crippen molar-refractivity contribution < 1.29 is 28.7 Å². The van der Waals surface area contributed by atoms with Crippen molar-refractivity contribution in [3.05, 3.63) is 95.5 Å². The van der Waals surface area contributed by atoms with Crippen molar-refractivity contribution in [2.75, 3.05) is 44.2 Å². The van der Waals surface area contributed by atoms with Gasteiger partial charge < -0.3 is 25.6 Å². The summed E-state index contributed by atoms with van der Waals surface area (Å²) in [7, 11) is 0. The van der Waals surface area contributed by atoms with E-state index in [-0.39, 0.29) is 38.6 Å². The van der Waals surface area contributed by atoms with Gasteiger partial charge in [0.15, 0.2) is 0 Å². The maximum atomic E-state index is 14.7. The molecule has 2 atom stereocenters. The number of hydrogen-bond acceptors (Lipinski definition) is 6. The molecule has 0 radical (unpaired) electrons. The van der Waals surface area contributed by atoms with E-state index in [1.165, 1.54) is 9.80 Å². The van der Waals surface area contributed by atoms with Crippen LogP contribution in [-0.2, 0) is 25.7 Å². The van der Waals surface area contributed by atoms with Crippen LogP contribution < -0.4 is 16.0 Å². The largest absolute Gasteiger partial charge is 0.445 e. The van der Waals surface area contributed by atoms with Gasteiger partial charge in [-0.2, -0.15) is 0 Å². The van der Waals surface area contributed by atoms with E-state index in [2.05, 4.69) is 19.2 Å². The fraction of sp³-hybridized carbons (Fsp3) is 0.452. The number of hydrogen-bond donors (Lipinski definition) is 2.